The molecular weight excluding hydrogens is 412 g/mol. The van der Waals surface area contributed by atoms with Gasteiger partial charge < -0.3 is 5.32 Å². The number of hydrogen-bond donors (Lipinski definition) is 4. The van der Waals surface area contributed by atoms with Crippen molar-refractivity contribution < 1.29 is 14.4 Å². The first-order chi connectivity index (χ1) is 14.9. The Hall–Kier alpha value is -4.04. The highest BCUT2D eigenvalue weighted by atomic mass is 32.1. The minimum Gasteiger partial charge on any atom is -0.326 e. The van der Waals surface area contributed by atoms with E-state index in [1.165, 1.54) is 6.92 Å². The van der Waals surface area contributed by atoms with E-state index < -0.39 is 11.8 Å². The zero-order valence-electron chi connectivity index (χ0n) is 16.6. The molecule has 0 unspecified atom stereocenters. The van der Waals surface area contributed by atoms with Crippen molar-refractivity contribution in [2.24, 2.45) is 0 Å². The molecule has 4 N–H and O–H groups in total. The lowest BCUT2D eigenvalue weighted by atomic mass is 10.0. The molecule has 156 valence electrons. The maximum Gasteiger partial charge on any atom is 0.269 e. The number of rotatable bonds is 4. The summed E-state index contributed by atoms with van der Waals surface area (Å²) < 4.78 is 0. The van der Waals surface area contributed by atoms with Crippen LogP contribution in [0, 0.1) is 0 Å². The van der Waals surface area contributed by atoms with Crippen molar-refractivity contribution in [3.8, 4) is 11.1 Å². The van der Waals surface area contributed by atoms with Crippen LogP contribution < -0.4 is 21.5 Å². The second kappa shape index (κ2) is 10.1. The Labute approximate surface area is 184 Å². The number of hydrogen-bond acceptors (Lipinski definition) is 4. The molecule has 3 amide bonds. The van der Waals surface area contributed by atoms with Gasteiger partial charge in [-0.05, 0) is 59.7 Å². The average Bonchev–Trinajstić information content (AvgIpc) is 2.78. The molecule has 0 heterocycles. The first-order valence-electron chi connectivity index (χ1n) is 9.37. The van der Waals surface area contributed by atoms with Crippen molar-refractivity contribution in [3.05, 3.63) is 90.0 Å². The topological polar surface area (TPSA) is 99.3 Å². The summed E-state index contributed by atoms with van der Waals surface area (Å²) >= 11 is 5.06. The Morgan fingerprint density at radius 1 is 0.677 bits per heavy atom. The van der Waals surface area contributed by atoms with Crippen molar-refractivity contribution >= 4 is 40.7 Å². The zero-order valence-corrected chi connectivity index (χ0v) is 17.5. The highest BCUT2D eigenvalue weighted by molar-refractivity contribution is 7.80. The highest BCUT2D eigenvalue weighted by Gasteiger charge is 2.10. The number of benzene rings is 3. The predicted molar refractivity (Wildman–Crippen MR) is 123 cm³/mol. The van der Waals surface area contributed by atoms with Crippen molar-refractivity contribution in [3.63, 3.8) is 0 Å². The third-order valence-electron chi connectivity index (χ3n) is 4.24. The Bertz CT molecular complexity index is 1100. The molecule has 0 spiro atoms. The van der Waals surface area contributed by atoms with E-state index in [0.717, 1.165) is 11.1 Å². The Kier molecular flexibility index (Phi) is 7.08. The lowest BCUT2D eigenvalue weighted by Gasteiger charge is -2.11. The molecule has 0 fully saturated rings. The molecule has 8 heteroatoms. The van der Waals surface area contributed by atoms with Crippen molar-refractivity contribution in [2.45, 2.75) is 6.92 Å². The summed E-state index contributed by atoms with van der Waals surface area (Å²) in [6.45, 7) is 1.40. The minimum absolute atomic E-state index is 0.0413. The third-order valence-corrected chi connectivity index (χ3v) is 4.44. The maximum atomic E-state index is 12.4. The van der Waals surface area contributed by atoms with Crippen molar-refractivity contribution in [1.82, 2.24) is 16.2 Å². The minimum atomic E-state index is -0.446. The molecule has 0 aliphatic carbocycles. The van der Waals surface area contributed by atoms with Gasteiger partial charge in [0.2, 0.25) is 5.91 Å². The lowest BCUT2D eigenvalue weighted by Crippen LogP contribution is -2.48. The fourth-order valence-electron chi connectivity index (χ4n) is 2.75. The predicted octanol–water partition coefficient (Wildman–Crippen LogP) is 3.26. The summed E-state index contributed by atoms with van der Waals surface area (Å²) in [5.41, 5.74) is 8.33. The number of amides is 3. The number of nitrogens with one attached hydrogen (secondary N) is 4. The van der Waals surface area contributed by atoms with Gasteiger partial charge in [0.25, 0.3) is 11.8 Å². The molecule has 3 aromatic rings. The van der Waals surface area contributed by atoms with Gasteiger partial charge in [-0.1, -0.05) is 42.5 Å². The third kappa shape index (κ3) is 6.22. The van der Waals surface area contributed by atoms with E-state index in [4.69, 9.17) is 12.2 Å². The molecule has 0 saturated carbocycles. The van der Waals surface area contributed by atoms with Crippen LogP contribution in [0.15, 0.2) is 78.9 Å². The largest absolute Gasteiger partial charge is 0.326 e. The van der Waals surface area contributed by atoms with Crippen LogP contribution in [-0.4, -0.2) is 22.8 Å². The first-order valence-corrected chi connectivity index (χ1v) is 9.78. The molecule has 0 aliphatic heterocycles. The van der Waals surface area contributed by atoms with Gasteiger partial charge in [0, 0.05) is 23.7 Å². The normalized spacial score (nSPS) is 9.97. The second-order valence-electron chi connectivity index (χ2n) is 6.56. The van der Waals surface area contributed by atoms with E-state index >= 15 is 0 Å². The highest BCUT2D eigenvalue weighted by Crippen LogP contribution is 2.19. The van der Waals surface area contributed by atoms with E-state index in [1.807, 2.05) is 42.5 Å². The van der Waals surface area contributed by atoms with Crippen LogP contribution in [0.3, 0.4) is 0 Å². The molecule has 3 aromatic carbocycles. The van der Waals surface area contributed by atoms with Crippen molar-refractivity contribution in [1.29, 1.82) is 0 Å². The van der Waals surface area contributed by atoms with E-state index in [2.05, 4.69) is 21.5 Å². The van der Waals surface area contributed by atoms with Crippen LogP contribution in [-0.2, 0) is 4.79 Å². The monoisotopic (exact) mass is 432 g/mol. The molecule has 3 rings (SSSR count). The summed E-state index contributed by atoms with van der Waals surface area (Å²) in [6, 6.07) is 23.3. The van der Waals surface area contributed by atoms with E-state index in [1.54, 1.807) is 36.4 Å². The standard InChI is InChI=1S/C23H20N4O3S/c1-15(28)24-20-13-11-19(12-14-20)22(30)26-27-23(31)25-21(29)18-9-7-17(8-10-18)16-5-3-2-4-6-16/h2-14H,1H3,(H,24,28)(H,26,30)(H2,25,27,29,31). The van der Waals surface area contributed by atoms with Gasteiger partial charge in [0.1, 0.15) is 0 Å². The number of carbonyl (C=O) groups is 3. The number of thiocarbonyl (C=S) groups is 1. The quantitative estimate of drug-likeness (QED) is 0.375. The van der Waals surface area contributed by atoms with Crippen LogP contribution in [0.2, 0.25) is 0 Å². The SMILES string of the molecule is CC(=O)Nc1ccc(C(=O)NNC(=S)NC(=O)c2ccc(-c3ccccc3)cc2)cc1. The summed E-state index contributed by atoms with van der Waals surface area (Å²) in [6.07, 6.45) is 0. The van der Waals surface area contributed by atoms with E-state index in [0.29, 0.717) is 16.8 Å². The molecular formula is C23H20N4O3S. The van der Waals surface area contributed by atoms with Gasteiger partial charge in [-0.2, -0.15) is 0 Å². The Balaban J connectivity index is 1.50. The van der Waals surface area contributed by atoms with Crippen LogP contribution in [0.25, 0.3) is 11.1 Å². The van der Waals surface area contributed by atoms with Gasteiger partial charge in [-0.15, -0.1) is 0 Å². The van der Waals surface area contributed by atoms with Gasteiger partial charge in [-0.3, -0.25) is 30.6 Å². The average molecular weight is 433 g/mol. The number of anilines is 1. The van der Waals surface area contributed by atoms with Gasteiger partial charge >= 0.3 is 0 Å². The number of hydrazine groups is 1. The van der Waals surface area contributed by atoms with Crippen LogP contribution in [0.1, 0.15) is 27.6 Å². The molecule has 0 saturated heterocycles. The Morgan fingerprint density at radius 2 is 1.23 bits per heavy atom. The molecule has 0 radical (unpaired) electrons. The van der Waals surface area contributed by atoms with Gasteiger partial charge in [0.05, 0.1) is 0 Å². The van der Waals surface area contributed by atoms with Gasteiger partial charge in [-0.25, -0.2) is 0 Å². The zero-order chi connectivity index (χ0) is 22.2. The first kappa shape index (κ1) is 21.7. The molecule has 0 bridgehead atoms. The maximum absolute atomic E-state index is 12.4. The van der Waals surface area contributed by atoms with Crippen LogP contribution >= 0.6 is 12.2 Å². The van der Waals surface area contributed by atoms with Crippen LogP contribution in [0.5, 0.6) is 0 Å². The van der Waals surface area contributed by atoms with E-state index in [-0.39, 0.29) is 11.0 Å². The van der Waals surface area contributed by atoms with Crippen molar-refractivity contribution in [2.75, 3.05) is 5.32 Å². The number of carbonyl (C=O) groups excluding carboxylic acids is 3. The summed E-state index contributed by atoms with van der Waals surface area (Å²) in [7, 11) is 0. The molecule has 7 nitrogen and oxygen atoms in total. The Morgan fingerprint density at radius 3 is 1.84 bits per heavy atom. The van der Waals surface area contributed by atoms with E-state index in [9.17, 15) is 14.4 Å². The molecule has 31 heavy (non-hydrogen) atoms. The summed E-state index contributed by atoms with van der Waals surface area (Å²) in [5, 5.41) is 5.09. The van der Waals surface area contributed by atoms with Gasteiger partial charge in [0.15, 0.2) is 5.11 Å². The smallest absolute Gasteiger partial charge is 0.269 e. The fraction of sp³-hybridized carbons (Fsp3) is 0.0435. The summed E-state index contributed by atoms with van der Waals surface area (Å²) in [4.78, 5) is 35.6. The van der Waals surface area contributed by atoms with Crippen LogP contribution in [0.4, 0.5) is 5.69 Å². The lowest BCUT2D eigenvalue weighted by molar-refractivity contribution is -0.114. The molecule has 0 atom stereocenters. The summed E-state index contributed by atoms with van der Waals surface area (Å²) in [5.74, 6) is -1.04. The second-order valence-corrected chi connectivity index (χ2v) is 6.97. The molecule has 0 aliphatic rings. The molecule has 0 aromatic heterocycles. The fourth-order valence-corrected chi connectivity index (χ4v) is 2.89.